The molecule has 1 amide bonds. The van der Waals surface area contributed by atoms with Gasteiger partial charge in [0.15, 0.2) is 5.16 Å². The maximum absolute atomic E-state index is 13.1. The molecule has 0 saturated carbocycles. The zero-order valence-corrected chi connectivity index (χ0v) is 16.6. The molecule has 6 nitrogen and oxygen atoms in total. The Hall–Kier alpha value is -2.87. The van der Waals surface area contributed by atoms with Gasteiger partial charge in [0.1, 0.15) is 17.9 Å². The van der Waals surface area contributed by atoms with Crippen LogP contribution in [0.5, 0.6) is 5.75 Å². The number of nitrogens with one attached hydrogen (secondary N) is 1. The van der Waals surface area contributed by atoms with Crippen molar-refractivity contribution in [1.82, 2.24) is 20.1 Å². The molecule has 2 unspecified atom stereocenters. The van der Waals surface area contributed by atoms with Gasteiger partial charge in [0.2, 0.25) is 5.91 Å². The van der Waals surface area contributed by atoms with Gasteiger partial charge in [0, 0.05) is 0 Å². The second-order valence-corrected chi connectivity index (χ2v) is 7.51. The van der Waals surface area contributed by atoms with Crippen molar-refractivity contribution in [3.05, 3.63) is 66.2 Å². The van der Waals surface area contributed by atoms with Crippen LogP contribution in [0.15, 0.2) is 60.0 Å². The highest BCUT2D eigenvalue weighted by molar-refractivity contribution is 8.00. The summed E-state index contributed by atoms with van der Waals surface area (Å²) in [5.74, 6) is 0.240. The fourth-order valence-electron chi connectivity index (χ4n) is 2.68. The molecule has 3 aromatic rings. The van der Waals surface area contributed by atoms with E-state index in [1.807, 2.05) is 31.2 Å². The molecule has 146 valence electrons. The molecule has 8 heteroatoms. The van der Waals surface area contributed by atoms with Gasteiger partial charge in [-0.1, -0.05) is 36.0 Å². The Bertz CT molecular complexity index is 945. The van der Waals surface area contributed by atoms with Crippen molar-refractivity contribution in [1.29, 1.82) is 0 Å². The summed E-state index contributed by atoms with van der Waals surface area (Å²) in [6.45, 7) is 3.67. The molecule has 3 rings (SSSR count). The first kappa shape index (κ1) is 19.9. The Balaban J connectivity index is 1.70. The molecular weight excluding hydrogens is 379 g/mol. The molecule has 28 heavy (non-hydrogen) atoms. The average Bonchev–Trinajstić information content (AvgIpc) is 3.16. The molecular formula is C20H21FN4O2S. The maximum Gasteiger partial charge on any atom is 0.233 e. The molecule has 0 aliphatic heterocycles. The minimum Gasteiger partial charge on any atom is -0.495 e. The van der Waals surface area contributed by atoms with E-state index in [0.717, 1.165) is 11.3 Å². The molecule has 0 spiro atoms. The van der Waals surface area contributed by atoms with Crippen LogP contribution in [0.2, 0.25) is 0 Å². The number of carbonyl (C=O) groups excluding carboxylic acids is 1. The monoisotopic (exact) mass is 400 g/mol. The molecule has 2 aromatic carbocycles. The summed E-state index contributed by atoms with van der Waals surface area (Å²) in [5.41, 5.74) is 1.63. The van der Waals surface area contributed by atoms with Crippen LogP contribution in [-0.4, -0.2) is 33.0 Å². The second-order valence-electron chi connectivity index (χ2n) is 6.20. The number of aromatic nitrogens is 3. The summed E-state index contributed by atoms with van der Waals surface area (Å²) < 4.78 is 20.3. The lowest BCUT2D eigenvalue weighted by atomic mass is 10.1. The molecule has 1 heterocycles. The first-order chi connectivity index (χ1) is 13.5. The van der Waals surface area contributed by atoms with Gasteiger partial charge in [-0.3, -0.25) is 9.36 Å². The Morgan fingerprint density at radius 3 is 2.61 bits per heavy atom. The van der Waals surface area contributed by atoms with Gasteiger partial charge in [0.05, 0.1) is 24.1 Å². The van der Waals surface area contributed by atoms with Crippen LogP contribution in [0.25, 0.3) is 5.69 Å². The van der Waals surface area contributed by atoms with Crippen molar-refractivity contribution in [3.8, 4) is 11.4 Å². The molecule has 0 bridgehead atoms. The highest BCUT2D eigenvalue weighted by atomic mass is 32.2. The van der Waals surface area contributed by atoms with Gasteiger partial charge < -0.3 is 10.1 Å². The lowest BCUT2D eigenvalue weighted by molar-refractivity contribution is -0.120. The first-order valence-electron chi connectivity index (χ1n) is 8.75. The van der Waals surface area contributed by atoms with Crippen LogP contribution in [0.4, 0.5) is 4.39 Å². The number of methoxy groups -OCH3 is 1. The fraction of sp³-hybridized carbons (Fsp3) is 0.250. The van der Waals surface area contributed by atoms with E-state index in [1.54, 1.807) is 37.1 Å². The van der Waals surface area contributed by atoms with Crippen molar-refractivity contribution in [2.24, 2.45) is 0 Å². The number of halogens is 1. The molecule has 2 atom stereocenters. The summed E-state index contributed by atoms with van der Waals surface area (Å²) in [4.78, 5) is 12.6. The van der Waals surface area contributed by atoms with Gasteiger partial charge in [-0.25, -0.2) is 4.39 Å². The standard InChI is InChI=1S/C20H21FN4O2S/c1-13(15-8-10-16(21)11-9-15)23-19(26)14(2)28-20-24-22-12-25(20)17-6-4-5-7-18(17)27-3/h4-14H,1-3H3,(H,23,26). The first-order valence-corrected chi connectivity index (χ1v) is 9.63. The van der Waals surface area contributed by atoms with Crippen molar-refractivity contribution in [2.45, 2.75) is 30.3 Å². The predicted molar refractivity (Wildman–Crippen MR) is 106 cm³/mol. The SMILES string of the molecule is COc1ccccc1-n1cnnc1SC(C)C(=O)NC(C)c1ccc(F)cc1. The van der Waals surface area contributed by atoms with E-state index in [0.29, 0.717) is 10.9 Å². The Labute approximate surface area is 167 Å². The van der Waals surface area contributed by atoms with E-state index in [9.17, 15) is 9.18 Å². The number of para-hydroxylation sites is 2. The van der Waals surface area contributed by atoms with Crippen LogP contribution in [0.3, 0.4) is 0 Å². The van der Waals surface area contributed by atoms with Gasteiger partial charge in [-0.05, 0) is 43.7 Å². The number of hydrogen-bond acceptors (Lipinski definition) is 5. The van der Waals surface area contributed by atoms with E-state index >= 15 is 0 Å². The number of ether oxygens (including phenoxy) is 1. The highest BCUT2D eigenvalue weighted by Gasteiger charge is 2.21. The topological polar surface area (TPSA) is 69.0 Å². The van der Waals surface area contributed by atoms with Gasteiger partial charge in [-0.15, -0.1) is 10.2 Å². The predicted octanol–water partition coefficient (Wildman–Crippen LogP) is 3.77. The van der Waals surface area contributed by atoms with Gasteiger partial charge in [-0.2, -0.15) is 0 Å². The van der Waals surface area contributed by atoms with Crippen molar-refractivity contribution in [2.75, 3.05) is 7.11 Å². The Kier molecular flexibility index (Phi) is 6.30. The molecule has 1 aromatic heterocycles. The smallest absolute Gasteiger partial charge is 0.233 e. The van der Waals surface area contributed by atoms with Gasteiger partial charge in [0.25, 0.3) is 0 Å². The third kappa shape index (κ3) is 4.51. The average molecular weight is 400 g/mol. The summed E-state index contributed by atoms with van der Waals surface area (Å²) >= 11 is 1.30. The number of amides is 1. The van der Waals surface area contributed by atoms with E-state index < -0.39 is 5.25 Å². The third-order valence-corrected chi connectivity index (χ3v) is 5.30. The van der Waals surface area contributed by atoms with E-state index in [-0.39, 0.29) is 17.8 Å². The number of hydrogen-bond donors (Lipinski definition) is 1. The lowest BCUT2D eigenvalue weighted by Gasteiger charge is -2.18. The Morgan fingerprint density at radius 1 is 1.18 bits per heavy atom. The summed E-state index contributed by atoms with van der Waals surface area (Å²) in [6, 6.07) is 13.4. The zero-order chi connectivity index (χ0) is 20.1. The quantitative estimate of drug-likeness (QED) is 0.612. The molecule has 0 fully saturated rings. The number of carbonyl (C=O) groups is 1. The number of thioether (sulfide) groups is 1. The van der Waals surface area contributed by atoms with E-state index in [2.05, 4.69) is 15.5 Å². The number of rotatable bonds is 7. The molecule has 0 aliphatic carbocycles. The van der Waals surface area contributed by atoms with Crippen molar-refractivity contribution >= 4 is 17.7 Å². The van der Waals surface area contributed by atoms with Crippen molar-refractivity contribution in [3.63, 3.8) is 0 Å². The summed E-state index contributed by atoms with van der Waals surface area (Å²) in [5, 5.41) is 11.2. The van der Waals surface area contributed by atoms with Crippen LogP contribution in [0.1, 0.15) is 25.5 Å². The maximum atomic E-state index is 13.1. The minimum absolute atomic E-state index is 0.142. The van der Waals surface area contributed by atoms with Crippen LogP contribution < -0.4 is 10.1 Å². The van der Waals surface area contributed by atoms with Crippen LogP contribution in [0, 0.1) is 5.82 Å². The molecule has 0 saturated heterocycles. The van der Waals surface area contributed by atoms with E-state index in [4.69, 9.17) is 4.74 Å². The molecule has 0 radical (unpaired) electrons. The highest BCUT2D eigenvalue weighted by Crippen LogP contribution is 2.29. The lowest BCUT2D eigenvalue weighted by Crippen LogP contribution is -2.33. The van der Waals surface area contributed by atoms with Crippen LogP contribution >= 0.6 is 11.8 Å². The summed E-state index contributed by atoms with van der Waals surface area (Å²) in [7, 11) is 1.60. The van der Waals surface area contributed by atoms with E-state index in [1.165, 1.54) is 23.9 Å². The molecule has 1 N–H and O–H groups in total. The van der Waals surface area contributed by atoms with Crippen molar-refractivity contribution < 1.29 is 13.9 Å². The Morgan fingerprint density at radius 2 is 1.89 bits per heavy atom. The second kappa shape index (κ2) is 8.88. The largest absolute Gasteiger partial charge is 0.495 e. The zero-order valence-electron chi connectivity index (χ0n) is 15.8. The fourth-order valence-corrected chi connectivity index (χ4v) is 3.52. The molecule has 0 aliphatic rings. The minimum atomic E-state index is -0.402. The number of benzene rings is 2. The number of nitrogens with zero attached hydrogens (tertiary/aromatic N) is 3. The third-order valence-electron chi connectivity index (χ3n) is 4.24. The van der Waals surface area contributed by atoms with Gasteiger partial charge >= 0.3 is 0 Å². The van der Waals surface area contributed by atoms with Crippen LogP contribution in [-0.2, 0) is 4.79 Å². The normalized spacial score (nSPS) is 13.0. The summed E-state index contributed by atoms with van der Waals surface area (Å²) in [6.07, 6.45) is 1.59.